The van der Waals surface area contributed by atoms with E-state index in [-0.39, 0.29) is 0 Å². The molecule has 0 bridgehead atoms. The van der Waals surface area contributed by atoms with Crippen molar-refractivity contribution < 1.29 is 0 Å². The van der Waals surface area contributed by atoms with Crippen LogP contribution in [0.1, 0.15) is 26.7 Å². The Labute approximate surface area is 70.0 Å². The van der Waals surface area contributed by atoms with Gasteiger partial charge in [-0.3, -0.25) is 0 Å². The average molecular weight is 156 g/mol. The molecule has 1 fully saturated rings. The average Bonchev–Trinajstić information content (AvgIpc) is 2.81. The number of nitrogens with zero attached hydrogens (tertiary/aromatic N) is 1. The molecule has 1 rings (SSSR count). The second-order valence-electron chi connectivity index (χ2n) is 3.49. The lowest BCUT2D eigenvalue weighted by Crippen LogP contribution is -2.41. The number of hydrogen-bond donors (Lipinski definition) is 1. The first kappa shape index (κ1) is 9.01. The normalized spacial score (nSPS) is 20.7. The van der Waals surface area contributed by atoms with Crippen LogP contribution in [0, 0.1) is 0 Å². The van der Waals surface area contributed by atoms with Gasteiger partial charge in [0.1, 0.15) is 0 Å². The Bertz CT molecular complexity index is 115. The molecule has 0 aromatic carbocycles. The molecule has 0 aromatic rings. The molecule has 2 nitrogen and oxygen atoms in total. The SMILES string of the molecule is CCN(CC)CC1(NC)CC1. The summed E-state index contributed by atoms with van der Waals surface area (Å²) in [5.41, 5.74) is 0.492. The molecule has 0 saturated heterocycles. The fraction of sp³-hybridized carbons (Fsp3) is 1.00. The van der Waals surface area contributed by atoms with E-state index in [1.807, 2.05) is 0 Å². The molecular weight excluding hydrogens is 136 g/mol. The van der Waals surface area contributed by atoms with Gasteiger partial charge in [-0.15, -0.1) is 0 Å². The van der Waals surface area contributed by atoms with Crippen LogP contribution in [0.15, 0.2) is 0 Å². The molecule has 2 heteroatoms. The van der Waals surface area contributed by atoms with Crippen LogP contribution in [0.5, 0.6) is 0 Å². The highest BCUT2D eigenvalue weighted by Gasteiger charge is 2.41. The molecule has 1 saturated carbocycles. The zero-order chi connectivity index (χ0) is 8.32. The summed E-state index contributed by atoms with van der Waals surface area (Å²) < 4.78 is 0. The first-order chi connectivity index (χ1) is 5.26. The predicted molar refractivity (Wildman–Crippen MR) is 48.8 cm³/mol. The fourth-order valence-electron chi connectivity index (χ4n) is 1.51. The molecule has 1 aliphatic rings. The summed E-state index contributed by atoms with van der Waals surface area (Å²) >= 11 is 0. The van der Waals surface area contributed by atoms with E-state index in [4.69, 9.17) is 0 Å². The smallest absolute Gasteiger partial charge is 0.0307 e. The Morgan fingerprint density at radius 3 is 2.09 bits per heavy atom. The van der Waals surface area contributed by atoms with Crippen molar-refractivity contribution >= 4 is 0 Å². The maximum absolute atomic E-state index is 3.41. The Morgan fingerprint density at radius 2 is 1.82 bits per heavy atom. The predicted octanol–water partition coefficient (Wildman–Crippen LogP) is 1.08. The van der Waals surface area contributed by atoms with Crippen LogP contribution in [0.4, 0.5) is 0 Å². The van der Waals surface area contributed by atoms with Gasteiger partial charge in [-0.05, 0) is 33.0 Å². The molecule has 0 atom stereocenters. The van der Waals surface area contributed by atoms with Crippen LogP contribution in [0.3, 0.4) is 0 Å². The lowest BCUT2D eigenvalue weighted by molar-refractivity contribution is 0.260. The third-order valence-corrected chi connectivity index (χ3v) is 2.80. The Hall–Kier alpha value is -0.0800. The van der Waals surface area contributed by atoms with Crippen molar-refractivity contribution in [1.82, 2.24) is 10.2 Å². The standard InChI is InChI=1S/C9H20N2/c1-4-11(5-2)8-9(10-3)6-7-9/h10H,4-8H2,1-3H3. The third kappa shape index (κ3) is 2.17. The third-order valence-electron chi connectivity index (χ3n) is 2.80. The van der Waals surface area contributed by atoms with Gasteiger partial charge in [-0.2, -0.15) is 0 Å². The summed E-state index contributed by atoms with van der Waals surface area (Å²) in [5, 5.41) is 3.41. The first-order valence-corrected chi connectivity index (χ1v) is 4.67. The largest absolute Gasteiger partial charge is 0.313 e. The minimum Gasteiger partial charge on any atom is -0.313 e. The maximum Gasteiger partial charge on any atom is 0.0307 e. The van der Waals surface area contributed by atoms with E-state index in [0.717, 1.165) is 0 Å². The fourth-order valence-corrected chi connectivity index (χ4v) is 1.51. The molecule has 0 radical (unpaired) electrons. The van der Waals surface area contributed by atoms with Crippen molar-refractivity contribution in [2.75, 3.05) is 26.7 Å². The van der Waals surface area contributed by atoms with Crippen LogP contribution >= 0.6 is 0 Å². The number of rotatable bonds is 5. The van der Waals surface area contributed by atoms with Crippen LogP contribution in [0.2, 0.25) is 0 Å². The summed E-state index contributed by atoms with van der Waals surface area (Å²) in [6.45, 7) is 8.06. The van der Waals surface area contributed by atoms with Gasteiger partial charge in [0.05, 0.1) is 0 Å². The molecule has 11 heavy (non-hydrogen) atoms. The monoisotopic (exact) mass is 156 g/mol. The lowest BCUT2D eigenvalue weighted by Gasteiger charge is -2.24. The van der Waals surface area contributed by atoms with Gasteiger partial charge in [0.2, 0.25) is 0 Å². The summed E-state index contributed by atoms with van der Waals surface area (Å²) in [6, 6.07) is 0. The quantitative estimate of drug-likeness (QED) is 0.641. The molecule has 1 N–H and O–H groups in total. The van der Waals surface area contributed by atoms with Crippen molar-refractivity contribution in [3.05, 3.63) is 0 Å². The molecule has 0 unspecified atom stereocenters. The molecular formula is C9H20N2. The second-order valence-corrected chi connectivity index (χ2v) is 3.49. The molecule has 0 amide bonds. The van der Waals surface area contributed by atoms with Gasteiger partial charge >= 0.3 is 0 Å². The van der Waals surface area contributed by atoms with Crippen molar-refractivity contribution in [2.45, 2.75) is 32.2 Å². The van der Waals surface area contributed by atoms with E-state index in [1.165, 1.54) is 32.5 Å². The van der Waals surface area contributed by atoms with E-state index >= 15 is 0 Å². The lowest BCUT2D eigenvalue weighted by atomic mass is 10.2. The summed E-state index contributed by atoms with van der Waals surface area (Å²) in [4.78, 5) is 2.49. The number of likely N-dealkylation sites (N-methyl/N-ethyl adjacent to an activating group) is 2. The number of hydrogen-bond acceptors (Lipinski definition) is 2. The van der Waals surface area contributed by atoms with E-state index in [9.17, 15) is 0 Å². The van der Waals surface area contributed by atoms with E-state index < -0.39 is 0 Å². The molecule has 0 aromatic heterocycles. The maximum atomic E-state index is 3.41. The summed E-state index contributed by atoms with van der Waals surface area (Å²) in [5.74, 6) is 0. The zero-order valence-corrected chi connectivity index (χ0v) is 7.98. The highest BCUT2D eigenvalue weighted by molar-refractivity contribution is 5.02. The molecule has 0 aliphatic heterocycles. The van der Waals surface area contributed by atoms with Crippen LogP contribution in [-0.4, -0.2) is 37.1 Å². The van der Waals surface area contributed by atoms with E-state index in [1.54, 1.807) is 0 Å². The summed E-state index contributed by atoms with van der Waals surface area (Å²) in [7, 11) is 2.08. The highest BCUT2D eigenvalue weighted by atomic mass is 15.2. The van der Waals surface area contributed by atoms with Gasteiger partial charge < -0.3 is 10.2 Å². The topological polar surface area (TPSA) is 15.3 Å². The Morgan fingerprint density at radius 1 is 1.27 bits per heavy atom. The number of nitrogens with one attached hydrogen (secondary N) is 1. The van der Waals surface area contributed by atoms with Gasteiger partial charge in [0, 0.05) is 12.1 Å². The zero-order valence-electron chi connectivity index (χ0n) is 7.98. The highest BCUT2D eigenvalue weighted by Crippen LogP contribution is 2.35. The minimum absolute atomic E-state index is 0.492. The van der Waals surface area contributed by atoms with E-state index in [2.05, 4.69) is 31.1 Å². The molecule has 1 aliphatic carbocycles. The Kier molecular flexibility index (Phi) is 2.90. The van der Waals surface area contributed by atoms with Crippen molar-refractivity contribution in [3.63, 3.8) is 0 Å². The van der Waals surface area contributed by atoms with Gasteiger partial charge in [-0.25, -0.2) is 0 Å². The minimum atomic E-state index is 0.492. The van der Waals surface area contributed by atoms with Gasteiger partial charge in [0.15, 0.2) is 0 Å². The molecule has 66 valence electrons. The van der Waals surface area contributed by atoms with Crippen molar-refractivity contribution in [3.8, 4) is 0 Å². The second kappa shape index (κ2) is 3.55. The van der Waals surface area contributed by atoms with Crippen LogP contribution in [0.25, 0.3) is 0 Å². The van der Waals surface area contributed by atoms with E-state index in [0.29, 0.717) is 5.54 Å². The summed E-state index contributed by atoms with van der Waals surface area (Å²) in [6.07, 6.45) is 2.72. The van der Waals surface area contributed by atoms with Crippen molar-refractivity contribution in [1.29, 1.82) is 0 Å². The van der Waals surface area contributed by atoms with Crippen molar-refractivity contribution in [2.24, 2.45) is 0 Å². The van der Waals surface area contributed by atoms with Gasteiger partial charge in [0.25, 0.3) is 0 Å². The Balaban J connectivity index is 2.27. The molecule has 0 spiro atoms. The van der Waals surface area contributed by atoms with Crippen LogP contribution in [-0.2, 0) is 0 Å². The first-order valence-electron chi connectivity index (χ1n) is 4.67. The van der Waals surface area contributed by atoms with Crippen LogP contribution < -0.4 is 5.32 Å². The molecule has 0 heterocycles. The van der Waals surface area contributed by atoms with Gasteiger partial charge in [-0.1, -0.05) is 13.8 Å².